The molecule has 0 spiro atoms. The maximum absolute atomic E-state index is 3.36. The number of aryl methyl sites for hydroxylation is 1. The van der Waals surface area contributed by atoms with Crippen molar-refractivity contribution in [2.24, 2.45) is 0 Å². The van der Waals surface area contributed by atoms with E-state index in [0.29, 0.717) is 0 Å². The Kier molecular flexibility index (Phi) is 5.47. The van der Waals surface area contributed by atoms with Crippen LogP contribution < -0.4 is 5.32 Å². The molecule has 3 aromatic rings. The molecule has 1 heterocycles. The fourth-order valence-electron chi connectivity index (χ4n) is 2.84. The van der Waals surface area contributed by atoms with E-state index < -0.39 is 0 Å². The van der Waals surface area contributed by atoms with Crippen LogP contribution in [0.15, 0.2) is 84.9 Å². The number of anilines is 1. The normalized spacial score (nSPS) is 12.3. The highest BCUT2D eigenvalue weighted by atomic mass is 14.9. The van der Waals surface area contributed by atoms with Gasteiger partial charge in [-0.2, -0.15) is 0 Å². The summed E-state index contributed by atoms with van der Waals surface area (Å²) in [6.45, 7) is 1.14. The number of benzene rings is 3. The zero-order valence-corrected chi connectivity index (χ0v) is 13.4. The summed E-state index contributed by atoms with van der Waals surface area (Å²) in [4.78, 5) is 0. The zero-order chi connectivity index (χ0) is 15.7. The standard InChI is InChI=1S/C13H12.C9H11N/c1-3-7-12(8-4-1)11-13-9-5-2-6-10-13;1-2-6-9-8(4-1)5-3-7-10-9/h1-10H,11H2;1-2,4,6,10H,3,5,7H2. The molecule has 0 aromatic heterocycles. The molecule has 1 aliphatic heterocycles. The van der Waals surface area contributed by atoms with Crippen LogP contribution in [0.4, 0.5) is 5.69 Å². The van der Waals surface area contributed by atoms with Crippen molar-refractivity contribution in [1.82, 2.24) is 0 Å². The summed E-state index contributed by atoms with van der Waals surface area (Å²) in [5.41, 5.74) is 5.53. The van der Waals surface area contributed by atoms with E-state index in [9.17, 15) is 0 Å². The molecule has 4 rings (SSSR count). The van der Waals surface area contributed by atoms with Crippen LogP contribution in [0.2, 0.25) is 0 Å². The summed E-state index contributed by atoms with van der Waals surface area (Å²) in [5.74, 6) is 0. The first kappa shape index (κ1) is 15.4. The molecule has 0 atom stereocenters. The summed E-state index contributed by atoms with van der Waals surface area (Å²) in [5, 5.41) is 3.36. The number of hydrogen-bond acceptors (Lipinski definition) is 1. The maximum Gasteiger partial charge on any atom is 0.0372 e. The van der Waals surface area contributed by atoms with Crippen LogP contribution >= 0.6 is 0 Å². The lowest BCUT2D eigenvalue weighted by Gasteiger charge is -2.16. The Morgan fingerprint density at radius 2 is 1.22 bits per heavy atom. The second-order valence-corrected chi connectivity index (χ2v) is 5.84. The van der Waals surface area contributed by atoms with Gasteiger partial charge in [-0.1, -0.05) is 78.9 Å². The molecule has 0 bridgehead atoms. The molecule has 3 aromatic carbocycles. The number of rotatable bonds is 2. The van der Waals surface area contributed by atoms with E-state index in [-0.39, 0.29) is 0 Å². The molecular formula is C22H23N. The molecular weight excluding hydrogens is 278 g/mol. The van der Waals surface area contributed by atoms with Gasteiger partial charge >= 0.3 is 0 Å². The van der Waals surface area contributed by atoms with Crippen LogP contribution in [0.3, 0.4) is 0 Å². The van der Waals surface area contributed by atoms with Crippen molar-refractivity contribution in [2.75, 3.05) is 11.9 Å². The van der Waals surface area contributed by atoms with Gasteiger partial charge in [0.1, 0.15) is 0 Å². The lowest BCUT2D eigenvalue weighted by atomic mass is 10.0. The van der Waals surface area contributed by atoms with Crippen LogP contribution in [0.1, 0.15) is 23.1 Å². The van der Waals surface area contributed by atoms with E-state index in [1.807, 2.05) is 0 Å². The average molecular weight is 301 g/mol. The van der Waals surface area contributed by atoms with Crippen LogP contribution in [-0.2, 0) is 12.8 Å². The topological polar surface area (TPSA) is 12.0 Å². The van der Waals surface area contributed by atoms with E-state index in [2.05, 4.69) is 90.2 Å². The fraction of sp³-hybridized carbons (Fsp3) is 0.182. The second kappa shape index (κ2) is 8.19. The van der Waals surface area contributed by atoms with Gasteiger partial charge in [0.15, 0.2) is 0 Å². The first-order valence-corrected chi connectivity index (χ1v) is 8.31. The molecule has 1 N–H and O–H groups in total. The van der Waals surface area contributed by atoms with Gasteiger partial charge in [0.25, 0.3) is 0 Å². The number of para-hydroxylation sites is 1. The minimum Gasteiger partial charge on any atom is -0.385 e. The summed E-state index contributed by atoms with van der Waals surface area (Å²) in [6, 6.07) is 29.6. The van der Waals surface area contributed by atoms with Crippen LogP contribution in [0.25, 0.3) is 0 Å². The minimum atomic E-state index is 1.03. The Morgan fingerprint density at radius 1 is 0.652 bits per heavy atom. The monoisotopic (exact) mass is 301 g/mol. The predicted octanol–water partition coefficient (Wildman–Crippen LogP) is 5.32. The van der Waals surface area contributed by atoms with Crippen molar-refractivity contribution >= 4 is 5.69 Å². The molecule has 1 heteroatoms. The Labute approximate surface area is 139 Å². The van der Waals surface area contributed by atoms with E-state index >= 15 is 0 Å². The van der Waals surface area contributed by atoms with Crippen LogP contribution in [-0.4, -0.2) is 6.54 Å². The number of hydrogen-bond donors (Lipinski definition) is 1. The molecule has 0 unspecified atom stereocenters. The number of fused-ring (bicyclic) bond motifs is 1. The Morgan fingerprint density at radius 3 is 1.83 bits per heavy atom. The maximum atomic E-state index is 3.36. The summed E-state index contributed by atoms with van der Waals surface area (Å²) in [7, 11) is 0. The van der Waals surface area contributed by atoms with Gasteiger partial charge in [-0.05, 0) is 42.0 Å². The Bertz CT molecular complexity index is 642. The van der Waals surface area contributed by atoms with E-state index in [1.54, 1.807) is 0 Å². The van der Waals surface area contributed by atoms with Crippen LogP contribution in [0.5, 0.6) is 0 Å². The van der Waals surface area contributed by atoms with Crippen molar-refractivity contribution in [3.8, 4) is 0 Å². The van der Waals surface area contributed by atoms with Gasteiger partial charge < -0.3 is 5.32 Å². The van der Waals surface area contributed by atoms with Gasteiger partial charge in [-0.25, -0.2) is 0 Å². The Balaban J connectivity index is 0.000000140. The third kappa shape index (κ3) is 4.72. The molecule has 0 amide bonds. The first-order valence-electron chi connectivity index (χ1n) is 8.31. The molecule has 23 heavy (non-hydrogen) atoms. The highest BCUT2D eigenvalue weighted by Gasteiger charge is 2.04. The molecule has 0 fully saturated rings. The van der Waals surface area contributed by atoms with E-state index in [4.69, 9.17) is 0 Å². The zero-order valence-electron chi connectivity index (χ0n) is 13.4. The molecule has 116 valence electrons. The van der Waals surface area contributed by atoms with Crippen molar-refractivity contribution in [1.29, 1.82) is 0 Å². The van der Waals surface area contributed by atoms with Gasteiger partial charge in [-0.3, -0.25) is 0 Å². The van der Waals surface area contributed by atoms with Crippen molar-refractivity contribution in [3.05, 3.63) is 102 Å². The molecule has 0 saturated heterocycles. The fourth-order valence-corrected chi connectivity index (χ4v) is 2.84. The second-order valence-electron chi connectivity index (χ2n) is 5.84. The summed E-state index contributed by atoms with van der Waals surface area (Å²) >= 11 is 0. The van der Waals surface area contributed by atoms with Gasteiger partial charge in [0.2, 0.25) is 0 Å². The van der Waals surface area contributed by atoms with Gasteiger partial charge in [0, 0.05) is 12.2 Å². The Hall–Kier alpha value is -2.54. The third-order valence-corrected chi connectivity index (χ3v) is 4.05. The minimum absolute atomic E-state index is 1.03. The lowest BCUT2D eigenvalue weighted by molar-refractivity contribution is 0.830. The van der Waals surface area contributed by atoms with Gasteiger partial charge in [0.05, 0.1) is 0 Å². The summed E-state index contributed by atoms with van der Waals surface area (Å²) < 4.78 is 0. The van der Waals surface area contributed by atoms with Crippen LogP contribution in [0, 0.1) is 0 Å². The lowest BCUT2D eigenvalue weighted by Crippen LogP contribution is -2.10. The first-order chi connectivity index (χ1) is 11.4. The third-order valence-electron chi connectivity index (χ3n) is 4.05. The average Bonchev–Trinajstić information content (AvgIpc) is 2.64. The van der Waals surface area contributed by atoms with Crippen molar-refractivity contribution in [3.63, 3.8) is 0 Å². The SMILES string of the molecule is c1ccc(Cc2ccccc2)cc1.c1ccc2c(c1)CCCN2. The molecule has 1 nitrogen and oxygen atoms in total. The van der Waals surface area contributed by atoms with Crippen molar-refractivity contribution in [2.45, 2.75) is 19.3 Å². The highest BCUT2D eigenvalue weighted by Crippen LogP contribution is 2.20. The molecule has 0 radical (unpaired) electrons. The largest absolute Gasteiger partial charge is 0.385 e. The van der Waals surface area contributed by atoms with Crippen molar-refractivity contribution < 1.29 is 0 Å². The van der Waals surface area contributed by atoms with Gasteiger partial charge in [-0.15, -0.1) is 0 Å². The molecule has 1 aliphatic rings. The molecule has 0 saturated carbocycles. The highest BCUT2D eigenvalue weighted by molar-refractivity contribution is 5.52. The number of nitrogens with one attached hydrogen (secondary N) is 1. The van der Waals surface area contributed by atoms with E-state index in [0.717, 1.165) is 13.0 Å². The van der Waals surface area contributed by atoms with E-state index in [1.165, 1.54) is 35.2 Å². The summed E-state index contributed by atoms with van der Waals surface area (Å²) in [6.07, 6.45) is 3.54. The quantitative estimate of drug-likeness (QED) is 0.675. The molecule has 0 aliphatic carbocycles. The predicted molar refractivity (Wildman–Crippen MR) is 98.9 cm³/mol. The smallest absolute Gasteiger partial charge is 0.0372 e.